The number of hydrogen-bond donors (Lipinski definition) is 2. The highest BCUT2D eigenvalue weighted by Crippen LogP contribution is 2.80. The molecule has 2 saturated heterocycles. The van der Waals surface area contributed by atoms with Crippen molar-refractivity contribution in [2.24, 2.45) is 34.5 Å². The summed E-state index contributed by atoms with van der Waals surface area (Å²) in [6.45, 7) is 3.24. The van der Waals surface area contributed by atoms with Gasteiger partial charge >= 0.3 is 5.97 Å². The number of likely N-dealkylation sites (N-methyl/N-ethyl adjacent to an activating group) is 1. The molecule has 12 nitrogen and oxygen atoms in total. The van der Waals surface area contributed by atoms with Gasteiger partial charge in [0.05, 0.1) is 48.3 Å². The van der Waals surface area contributed by atoms with Crippen molar-refractivity contribution in [1.29, 1.82) is 0 Å². The van der Waals surface area contributed by atoms with Crippen LogP contribution in [0, 0.1) is 34.5 Å². The lowest BCUT2D eigenvalue weighted by Gasteiger charge is -2.70. The zero-order valence-electron chi connectivity index (χ0n) is 28.4. The van der Waals surface area contributed by atoms with E-state index in [2.05, 4.69) is 11.8 Å². The standard InChI is InChI=1S/C36H48N2O10/c1-6-37-17-33(18-48-31(41)19-9-7-8-10-22(19)38-25(39)11-12-26(38)40)14-13-24(45-3)35-21-15-20-23(44-2)16-34(42,27(21)28(20)46-4)36(43,32(35)37)30(47-5)29(33)35/h7-10,20-21,23-24,27-30,32,42-43H,6,11-18H2,1-5H3/t20?,21?,23-,24?,27+,28-,29+,30?,32?,33-,34+,35?,36?/m0/s1. The van der Waals surface area contributed by atoms with Gasteiger partial charge in [-0.05, 0) is 43.9 Å². The third-order valence-electron chi connectivity index (χ3n) is 14.2. The van der Waals surface area contributed by atoms with Crippen molar-refractivity contribution >= 4 is 23.5 Å². The van der Waals surface area contributed by atoms with Crippen LogP contribution in [-0.2, 0) is 33.3 Å². The van der Waals surface area contributed by atoms with Crippen molar-refractivity contribution in [3.63, 3.8) is 0 Å². The Hall–Kier alpha value is -2.45. The summed E-state index contributed by atoms with van der Waals surface area (Å²) in [6, 6.07) is 6.11. The number of rotatable bonds is 9. The molecule has 12 heteroatoms. The molecule has 0 aromatic heterocycles. The normalized spacial score (nSPS) is 47.1. The number of esters is 1. The highest BCUT2D eigenvalue weighted by atomic mass is 16.5. The van der Waals surface area contributed by atoms with Crippen LogP contribution >= 0.6 is 0 Å². The number of imide groups is 1. The van der Waals surface area contributed by atoms with Gasteiger partial charge in [0.2, 0.25) is 11.8 Å². The predicted molar refractivity (Wildman–Crippen MR) is 170 cm³/mol. The highest BCUT2D eigenvalue weighted by molar-refractivity contribution is 6.21. The van der Waals surface area contributed by atoms with Crippen molar-refractivity contribution in [3.8, 4) is 0 Å². The van der Waals surface area contributed by atoms with Gasteiger partial charge in [-0.2, -0.15) is 0 Å². The van der Waals surface area contributed by atoms with Gasteiger partial charge in [0.15, 0.2) is 0 Å². The van der Waals surface area contributed by atoms with Gasteiger partial charge in [-0.15, -0.1) is 0 Å². The molecule has 5 aliphatic carbocycles. The summed E-state index contributed by atoms with van der Waals surface area (Å²) < 4.78 is 31.3. The van der Waals surface area contributed by atoms with Crippen molar-refractivity contribution in [3.05, 3.63) is 29.8 Å². The molecule has 7 bridgehead atoms. The lowest BCUT2D eigenvalue weighted by atomic mass is 9.42. The van der Waals surface area contributed by atoms with E-state index in [4.69, 9.17) is 23.7 Å². The van der Waals surface area contributed by atoms with Crippen LogP contribution in [0.2, 0.25) is 0 Å². The van der Waals surface area contributed by atoms with E-state index in [0.717, 1.165) is 11.3 Å². The first kappa shape index (κ1) is 32.7. The SMILES string of the molecule is CCN1C[C@]2(COC(=O)c3ccccc3N3C(=O)CCC3=O)CCC(OC)C34C5CC6[C@@H](OC)C[C@@](O)([C@H]5[C@H]6OC)C(O)(C(OC)[C@@H]32)C14. The zero-order chi connectivity index (χ0) is 34.0. The molecule has 2 heterocycles. The van der Waals surface area contributed by atoms with Gasteiger partial charge in [0, 0.05) is 82.8 Å². The topological polar surface area (TPSA) is 144 Å². The highest BCUT2D eigenvalue weighted by Gasteiger charge is 2.91. The fourth-order valence-electron chi connectivity index (χ4n) is 13.0. The maximum Gasteiger partial charge on any atom is 0.340 e. The monoisotopic (exact) mass is 668 g/mol. The number of aliphatic hydroxyl groups is 2. The van der Waals surface area contributed by atoms with Gasteiger partial charge in [-0.25, -0.2) is 9.69 Å². The average Bonchev–Trinajstić information content (AvgIpc) is 3.66. The minimum Gasteiger partial charge on any atom is -0.461 e. The lowest BCUT2D eigenvalue weighted by Crippen LogP contribution is -2.82. The Morgan fingerprint density at radius 1 is 1.00 bits per heavy atom. The summed E-state index contributed by atoms with van der Waals surface area (Å²) >= 11 is 0. The first-order valence-corrected chi connectivity index (χ1v) is 17.5. The number of hydrogen-bond acceptors (Lipinski definition) is 11. The maximum atomic E-state index is 14.0. The maximum absolute atomic E-state index is 14.0. The Morgan fingerprint density at radius 2 is 1.73 bits per heavy atom. The molecule has 0 radical (unpaired) electrons. The molecular formula is C36H48N2O10. The van der Waals surface area contributed by atoms with E-state index >= 15 is 0 Å². The van der Waals surface area contributed by atoms with Crippen LogP contribution < -0.4 is 4.90 Å². The van der Waals surface area contributed by atoms with Crippen molar-refractivity contribution < 1.29 is 48.3 Å². The number of methoxy groups -OCH3 is 4. The molecule has 1 aromatic carbocycles. The van der Waals surface area contributed by atoms with Gasteiger partial charge < -0.3 is 33.9 Å². The van der Waals surface area contributed by atoms with Gasteiger partial charge in [0.25, 0.3) is 0 Å². The molecular weight excluding hydrogens is 620 g/mol. The number of likely N-dealkylation sites (tertiary alicyclic amines) is 1. The number of anilines is 1. The van der Waals surface area contributed by atoms with E-state index in [0.29, 0.717) is 25.9 Å². The molecule has 7 aliphatic rings. The Kier molecular flexibility index (Phi) is 7.52. The van der Waals surface area contributed by atoms with E-state index < -0.39 is 40.1 Å². The van der Waals surface area contributed by atoms with Crippen molar-refractivity contribution in [2.75, 3.05) is 53.0 Å². The second-order valence-corrected chi connectivity index (χ2v) is 15.4. The Morgan fingerprint density at radius 3 is 2.38 bits per heavy atom. The molecule has 7 fully saturated rings. The average molecular weight is 669 g/mol. The summed E-state index contributed by atoms with van der Waals surface area (Å²) in [7, 11) is 6.70. The van der Waals surface area contributed by atoms with Crippen LogP contribution in [0.5, 0.6) is 0 Å². The summed E-state index contributed by atoms with van der Waals surface area (Å²) in [6.07, 6.45) is 0.951. The Balaban J connectivity index is 1.24. The number of piperidine rings is 1. The molecule has 8 rings (SSSR count). The first-order chi connectivity index (χ1) is 23.0. The van der Waals surface area contributed by atoms with Crippen molar-refractivity contribution in [2.45, 2.75) is 87.1 Å². The summed E-state index contributed by atoms with van der Waals surface area (Å²) in [5, 5.41) is 26.5. The molecule has 13 atom stereocenters. The second-order valence-electron chi connectivity index (χ2n) is 15.4. The number of carbonyl (C=O) groups excluding carboxylic acids is 3. The third-order valence-corrected chi connectivity index (χ3v) is 14.2. The van der Waals surface area contributed by atoms with Crippen LogP contribution in [-0.4, -0.2) is 123 Å². The minimum absolute atomic E-state index is 0.0394. The number of nitrogens with zero attached hydrogens (tertiary/aromatic N) is 2. The van der Waals surface area contributed by atoms with Crippen LogP contribution in [0.3, 0.4) is 0 Å². The molecule has 5 saturated carbocycles. The summed E-state index contributed by atoms with van der Waals surface area (Å²) in [4.78, 5) is 42.6. The van der Waals surface area contributed by atoms with Crippen LogP contribution in [0.1, 0.15) is 55.8 Å². The fourth-order valence-corrected chi connectivity index (χ4v) is 13.0. The van der Waals surface area contributed by atoms with E-state index in [1.807, 2.05) is 0 Å². The molecule has 262 valence electrons. The zero-order valence-corrected chi connectivity index (χ0v) is 28.4. The third kappa shape index (κ3) is 3.67. The molecule has 2 amide bonds. The quantitative estimate of drug-likeness (QED) is 0.294. The molecule has 7 unspecified atom stereocenters. The first-order valence-electron chi connectivity index (χ1n) is 17.5. The van der Waals surface area contributed by atoms with Gasteiger partial charge in [-0.3, -0.25) is 14.5 Å². The molecule has 2 N–H and O–H groups in total. The smallest absolute Gasteiger partial charge is 0.340 e. The molecule has 48 heavy (non-hydrogen) atoms. The lowest BCUT2D eigenvalue weighted by molar-refractivity contribution is -0.320. The number of benzene rings is 1. The number of fused-ring (bicyclic) bond motifs is 2. The van der Waals surface area contributed by atoms with E-state index in [9.17, 15) is 24.6 Å². The summed E-state index contributed by atoms with van der Waals surface area (Å²) in [5.41, 5.74) is -4.15. The minimum atomic E-state index is -1.69. The van der Waals surface area contributed by atoms with Crippen LogP contribution in [0.15, 0.2) is 24.3 Å². The van der Waals surface area contributed by atoms with Crippen LogP contribution in [0.25, 0.3) is 0 Å². The van der Waals surface area contributed by atoms with E-state index in [1.54, 1.807) is 52.7 Å². The predicted octanol–water partition coefficient (Wildman–Crippen LogP) is 1.79. The molecule has 1 aromatic rings. The van der Waals surface area contributed by atoms with Gasteiger partial charge in [0.1, 0.15) is 11.2 Å². The molecule has 2 aliphatic heterocycles. The number of ether oxygens (including phenoxy) is 5. The number of amides is 2. The largest absolute Gasteiger partial charge is 0.461 e. The fraction of sp³-hybridized carbons (Fsp3) is 0.750. The summed E-state index contributed by atoms with van der Waals surface area (Å²) in [5.74, 6) is -2.00. The second kappa shape index (κ2) is 11.0. The van der Waals surface area contributed by atoms with Gasteiger partial charge in [-0.1, -0.05) is 19.1 Å². The Labute approximate surface area is 280 Å². The van der Waals surface area contributed by atoms with Crippen LogP contribution in [0.4, 0.5) is 5.69 Å². The Bertz CT molecular complexity index is 1510. The van der Waals surface area contributed by atoms with Crippen molar-refractivity contribution in [1.82, 2.24) is 4.90 Å². The number of carbonyl (C=O) groups is 3. The van der Waals surface area contributed by atoms with E-state index in [1.165, 1.54) is 0 Å². The molecule has 1 spiro atoms. The number of para-hydroxylation sites is 1. The van der Waals surface area contributed by atoms with E-state index in [-0.39, 0.29) is 90.9 Å².